The summed E-state index contributed by atoms with van der Waals surface area (Å²) in [4.78, 5) is 1.23. The van der Waals surface area contributed by atoms with Crippen molar-refractivity contribution in [2.24, 2.45) is 0 Å². The van der Waals surface area contributed by atoms with Crippen LogP contribution in [-0.2, 0) is 0 Å². The van der Waals surface area contributed by atoms with E-state index in [1.54, 1.807) is 6.07 Å². The Kier molecular flexibility index (Phi) is 5.20. The van der Waals surface area contributed by atoms with Crippen LogP contribution in [0.15, 0.2) is 47.4 Å². The van der Waals surface area contributed by atoms with E-state index < -0.39 is 5.82 Å². The first-order valence-electron chi connectivity index (χ1n) is 6.67. The van der Waals surface area contributed by atoms with Crippen LogP contribution in [0, 0.1) is 17.1 Å². The Balaban J connectivity index is 2.14. The summed E-state index contributed by atoms with van der Waals surface area (Å²) in [5.74, 6) is 0.660. The van der Waals surface area contributed by atoms with Gasteiger partial charge in [-0.2, -0.15) is 5.26 Å². The zero-order valence-corrected chi connectivity index (χ0v) is 12.2. The van der Waals surface area contributed by atoms with Crippen LogP contribution in [0.2, 0.25) is 0 Å². The number of rotatable bonds is 5. The van der Waals surface area contributed by atoms with Gasteiger partial charge in [0.2, 0.25) is 0 Å². The molecule has 2 aromatic rings. The fourth-order valence-electron chi connectivity index (χ4n) is 1.86. The van der Waals surface area contributed by atoms with E-state index in [-0.39, 0.29) is 5.56 Å². The molecule has 3 heteroatoms. The average Bonchev–Trinajstić information content (AvgIpc) is 2.48. The third-order valence-electron chi connectivity index (χ3n) is 3.04. The Morgan fingerprint density at radius 3 is 2.40 bits per heavy atom. The molecule has 2 aromatic carbocycles. The van der Waals surface area contributed by atoms with Gasteiger partial charge in [-0.3, -0.25) is 0 Å². The second kappa shape index (κ2) is 7.12. The van der Waals surface area contributed by atoms with Gasteiger partial charge in [0.05, 0.1) is 5.56 Å². The van der Waals surface area contributed by atoms with Crippen LogP contribution in [0.4, 0.5) is 4.39 Å². The molecule has 0 atom stereocenters. The van der Waals surface area contributed by atoms with E-state index in [1.165, 1.54) is 29.9 Å². The number of hydrogen-bond acceptors (Lipinski definition) is 2. The fraction of sp³-hybridized carbons (Fsp3) is 0.235. The van der Waals surface area contributed by atoms with Crippen LogP contribution in [0.5, 0.6) is 0 Å². The van der Waals surface area contributed by atoms with E-state index in [9.17, 15) is 4.39 Å². The first-order valence-corrected chi connectivity index (χ1v) is 7.66. The van der Waals surface area contributed by atoms with E-state index >= 15 is 0 Å². The molecule has 102 valence electrons. The number of unbranched alkanes of at least 4 members (excludes halogenated alkanes) is 1. The average molecular weight is 285 g/mol. The van der Waals surface area contributed by atoms with E-state index in [0.29, 0.717) is 0 Å². The van der Waals surface area contributed by atoms with Crippen LogP contribution in [-0.4, -0.2) is 5.75 Å². The molecule has 0 heterocycles. The molecule has 0 radical (unpaired) electrons. The molecule has 0 amide bonds. The number of nitriles is 1. The Morgan fingerprint density at radius 1 is 1.10 bits per heavy atom. The third-order valence-corrected chi connectivity index (χ3v) is 4.14. The summed E-state index contributed by atoms with van der Waals surface area (Å²) in [5.41, 5.74) is 1.85. The first kappa shape index (κ1) is 14.6. The highest BCUT2D eigenvalue weighted by atomic mass is 32.2. The maximum absolute atomic E-state index is 13.6. The molecule has 20 heavy (non-hydrogen) atoms. The molecule has 0 aromatic heterocycles. The zero-order chi connectivity index (χ0) is 14.4. The first-order chi connectivity index (χ1) is 9.74. The van der Waals surface area contributed by atoms with E-state index in [2.05, 4.69) is 19.1 Å². The van der Waals surface area contributed by atoms with Crippen molar-refractivity contribution in [3.05, 3.63) is 53.8 Å². The third kappa shape index (κ3) is 3.61. The highest BCUT2D eigenvalue weighted by Crippen LogP contribution is 2.26. The van der Waals surface area contributed by atoms with Crippen LogP contribution in [0.1, 0.15) is 25.3 Å². The monoisotopic (exact) mass is 285 g/mol. The van der Waals surface area contributed by atoms with E-state index in [1.807, 2.05) is 30.0 Å². The van der Waals surface area contributed by atoms with Crippen molar-refractivity contribution >= 4 is 11.8 Å². The predicted octanol–water partition coefficient (Wildman–Crippen LogP) is 5.26. The summed E-state index contributed by atoms with van der Waals surface area (Å²) >= 11 is 1.84. The molecule has 1 nitrogen and oxygen atoms in total. The van der Waals surface area contributed by atoms with E-state index in [0.717, 1.165) is 16.9 Å². The number of thioether (sulfide) groups is 1. The topological polar surface area (TPSA) is 23.8 Å². The normalized spacial score (nSPS) is 10.2. The molecular formula is C17H16FNS. The number of nitrogens with zero attached hydrogens (tertiary/aromatic N) is 1. The Bertz CT molecular complexity index is 614. The molecule has 0 bridgehead atoms. The zero-order valence-electron chi connectivity index (χ0n) is 11.4. The van der Waals surface area contributed by atoms with Crippen LogP contribution < -0.4 is 0 Å². The molecular weight excluding hydrogens is 269 g/mol. The highest BCUT2D eigenvalue weighted by molar-refractivity contribution is 7.99. The quantitative estimate of drug-likeness (QED) is 0.553. The Labute approximate surface area is 123 Å². The van der Waals surface area contributed by atoms with Gasteiger partial charge in [-0.25, -0.2) is 4.39 Å². The molecule has 0 aliphatic rings. The van der Waals surface area contributed by atoms with Crippen LogP contribution in [0.3, 0.4) is 0 Å². The summed E-state index contributed by atoms with van der Waals surface area (Å²) < 4.78 is 13.6. The summed E-state index contributed by atoms with van der Waals surface area (Å²) in [6.45, 7) is 2.18. The number of hydrogen-bond donors (Lipinski definition) is 0. The summed E-state index contributed by atoms with van der Waals surface area (Å²) in [6, 6.07) is 14.7. The molecule has 0 fully saturated rings. The van der Waals surface area contributed by atoms with Gasteiger partial charge in [0.1, 0.15) is 11.9 Å². The van der Waals surface area contributed by atoms with E-state index in [4.69, 9.17) is 5.26 Å². The minimum Gasteiger partial charge on any atom is -0.206 e. The predicted molar refractivity (Wildman–Crippen MR) is 82.2 cm³/mol. The minimum atomic E-state index is -0.466. The number of benzene rings is 2. The molecule has 0 saturated heterocycles. The fourth-order valence-corrected chi connectivity index (χ4v) is 2.86. The van der Waals surface area contributed by atoms with Gasteiger partial charge in [0.25, 0.3) is 0 Å². The van der Waals surface area contributed by atoms with Gasteiger partial charge >= 0.3 is 0 Å². The molecule has 0 spiro atoms. The largest absolute Gasteiger partial charge is 0.206 e. The van der Waals surface area contributed by atoms with Gasteiger partial charge in [-0.15, -0.1) is 11.8 Å². The maximum Gasteiger partial charge on any atom is 0.141 e. The summed E-state index contributed by atoms with van der Waals surface area (Å²) in [6.07, 6.45) is 2.42. The molecule has 0 aliphatic heterocycles. The van der Waals surface area contributed by atoms with Crippen molar-refractivity contribution in [2.45, 2.75) is 24.7 Å². The molecule has 0 saturated carbocycles. The maximum atomic E-state index is 13.6. The smallest absolute Gasteiger partial charge is 0.141 e. The molecule has 2 rings (SSSR count). The van der Waals surface area contributed by atoms with Gasteiger partial charge in [0, 0.05) is 4.90 Å². The van der Waals surface area contributed by atoms with Gasteiger partial charge in [0.15, 0.2) is 0 Å². The standard InChI is InChI=1S/C17H16FNS/c1-2-3-10-20-16-8-6-13(7-9-16)14-4-5-15(12-19)17(18)11-14/h4-9,11H,2-3,10H2,1H3. The molecule has 0 N–H and O–H groups in total. The SMILES string of the molecule is CCCCSc1ccc(-c2ccc(C#N)c(F)c2)cc1. The van der Waals surface area contributed by atoms with Gasteiger partial charge in [-0.1, -0.05) is 31.5 Å². The van der Waals surface area contributed by atoms with Crippen LogP contribution in [0.25, 0.3) is 11.1 Å². The van der Waals surface area contributed by atoms with Crippen molar-refractivity contribution in [3.8, 4) is 17.2 Å². The van der Waals surface area contributed by atoms with Crippen LogP contribution >= 0.6 is 11.8 Å². The molecule has 0 unspecified atom stereocenters. The van der Waals surface area contributed by atoms with Crippen molar-refractivity contribution in [1.29, 1.82) is 5.26 Å². The summed E-state index contributed by atoms with van der Waals surface area (Å²) in [7, 11) is 0. The van der Waals surface area contributed by atoms with Gasteiger partial charge in [-0.05, 0) is 47.6 Å². The lowest BCUT2D eigenvalue weighted by atomic mass is 10.0. The lowest BCUT2D eigenvalue weighted by Crippen LogP contribution is -1.86. The highest BCUT2D eigenvalue weighted by Gasteiger charge is 2.04. The molecule has 0 aliphatic carbocycles. The Hall–Kier alpha value is -1.79. The van der Waals surface area contributed by atoms with Crippen molar-refractivity contribution in [2.75, 3.05) is 5.75 Å². The minimum absolute atomic E-state index is 0.0838. The second-order valence-corrected chi connectivity index (χ2v) is 5.70. The Morgan fingerprint density at radius 2 is 1.80 bits per heavy atom. The lowest BCUT2D eigenvalue weighted by molar-refractivity contribution is 0.624. The van der Waals surface area contributed by atoms with Gasteiger partial charge < -0.3 is 0 Å². The lowest BCUT2D eigenvalue weighted by Gasteiger charge is -2.05. The van der Waals surface area contributed by atoms with Crippen molar-refractivity contribution < 1.29 is 4.39 Å². The number of halogens is 1. The summed E-state index contributed by atoms with van der Waals surface area (Å²) in [5, 5.41) is 8.73. The van der Waals surface area contributed by atoms with Crippen molar-refractivity contribution in [1.82, 2.24) is 0 Å². The van der Waals surface area contributed by atoms with Crippen molar-refractivity contribution in [3.63, 3.8) is 0 Å². The second-order valence-electron chi connectivity index (χ2n) is 4.53.